The van der Waals surface area contributed by atoms with Gasteiger partial charge in [0.1, 0.15) is 0 Å². The summed E-state index contributed by atoms with van der Waals surface area (Å²) in [6.45, 7) is 0.369. The standard InChI is InChI=1S/C21H41O7P/c1-2-3-4-5-6-7-8-9-10-11-12-13-14-15-16-17-20(23)21(24,18-22)19-28-29(25,26)27/h12-13,22,24H,2-11,14-19H2,1H3,(H2,25,26,27)/b13-12-. The zero-order valence-corrected chi connectivity index (χ0v) is 18.8. The zero-order chi connectivity index (χ0) is 22.0. The number of rotatable bonds is 20. The van der Waals surface area contributed by atoms with Gasteiger partial charge in [0.15, 0.2) is 11.4 Å². The first kappa shape index (κ1) is 28.4. The molecule has 4 N–H and O–H groups in total. The van der Waals surface area contributed by atoms with Crippen LogP contribution in [0.2, 0.25) is 0 Å². The molecule has 0 rings (SSSR count). The Morgan fingerprint density at radius 3 is 1.86 bits per heavy atom. The van der Waals surface area contributed by atoms with E-state index in [-0.39, 0.29) is 6.42 Å². The number of ketones is 1. The molecule has 0 amide bonds. The number of aliphatic hydroxyl groups is 2. The van der Waals surface area contributed by atoms with Gasteiger partial charge in [-0.2, -0.15) is 0 Å². The molecule has 0 aliphatic heterocycles. The maximum Gasteiger partial charge on any atom is 0.469 e. The molecule has 0 aromatic rings. The van der Waals surface area contributed by atoms with E-state index in [9.17, 15) is 14.5 Å². The van der Waals surface area contributed by atoms with Crippen LogP contribution in [-0.2, 0) is 13.9 Å². The van der Waals surface area contributed by atoms with Crippen LogP contribution in [0.4, 0.5) is 0 Å². The lowest BCUT2D eigenvalue weighted by atomic mass is 9.96. The third kappa shape index (κ3) is 16.9. The highest BCUT2D eigenvalue weighted by atomic mass is 31.2. The highest BCUT2D eigenvalue weighted by molar-refractivity contribution is 7.46. The van der Waals surface area contributed by atoms with E-state index in [1.807, 2.05) is 0 Å². The molecule has 0 aromatic carbocycles. The van der Waals surface area contributed by atoms with Gasteiger partial charge in [-0.1, -0.05) is 70.4 Å². The lowest BCUT2D eigenvalue weighted by Crippen LogP contribution is -2.46. The average Bonchev–Trinajstić information content (AvgIpc) is 2.68. The molecule has 0 saturated heterocycles. The van der Waals surface area contributed by atoms with Crippen LogP contribution in [-0.4, -0.2) is 44.6 Å². The first-order chi connectivity index (χ1) is 13.7. The molecule has 0 bridgehead atoms. The van der Waals surface area contributed by atoms with Crippen molar-refractivity contribution < 1.29 is 33.9 Å². The first-order valence-corrected chi connectivity index (χ1v) is 12.5. The van der Waals surface area contributed by atoms with Crippen LogP contribution in [0.5, 0.6) is 0 Å². The predicted molar refractivity (Wildman–Crippen MR) is 114 cm³/mol. The number of aliphatic hydroxyl groups excluding tert-OH is 1. The summed E-state index contributed by atoms with van der Waals surface area (Å²) >= 11 is 0. The predicted octanol–water partition coefficient (Wildman–Crippen LogP) is 4.43. The second-order valence-electron chi connectivity index (χ2n) is 7.71. The number of phosphoric acid groups is 1. The van der Waals surface area contributed by atoms with Crippen molar-refractivity contribution >= 4 is 13.6 Å². The molecule has 0 fully saturated rings. The molecule has 7 nitrogen and oxygen atoms in total. The second kappa shape index (κ2) is 17.2. The summed E-state index contributed by atoms with van der Waals surface area (Å²) in [5, 5.41) is 19.1. The van der Waals surface area contributed by atoms with Crippen molar-refractivity contribution in [1.29, 1.82) is 0 Å². The topological polar surface area (TPSA) is 124 Å². The van der Waals surface area contributed by atoms with Gasteiger partial charge >= 0.3 is 7.82 Å². The normalized spacial score (nSPS) is 14.4. The van der Waals surface area contributed by atoms with Gasteiger partial charge in [0.2, 0.25) is 0 Å². The maximum atomic E-state index is 12.0. The van der Waals surface area contributed by atoms with E-state index >= 15 is 0 Å². The van der Waals surface area contributed by atoms with E-state index in [1.54, 1.807) is 0 Å². The third-order valence-electron chi connectivity index (χ3n) is 4.92. The Morgan fingerprint density at radius 2 is 1.38 bits per heavy atom. The van der Waals surface area contributed by atoms with Crippen LogP contribution in [0, 0.1) is 0 Å². The Kier molecular flexibility index (Phi) is 16.8. The number of Topliss-reactive ketones (excluding diaryl/α,β-unsaturated/α-hetero) is 1. The molecule has 172 valence electrons. The molecular weight excluding hydrogens is 395 g/mol. The van der Waals surface area contributed by atoms with Crippen LogP contribution in [0.3, 0.4) is 0 Å². The summed E-state index contributed by atoms with van der Waals surface area (Å²) in [4.78, 5) is 29.3. The largest absolute Gasteiger partial charge is 0.469 e. The third-order valence-corrected chi connectivity index (χ3v) is 5.38. The molecule has 1 atom stereocenters. The molecule has 0 aromatic heterocycles. The number of carbonyl (C=O) groups is 1. The molecule has 29 heavy (non-hydrogen) atoms. The van der Waals surface area contributed by atoms with Crippen molar-refractivity contribution in [2.45, 2.75) is 102 Å². The number of phosphoric ester groups is 1. The Bertz CT molecular complexity index is 489. The van der Waals surface area contributed by atoms with E-state index < -0.39 is 32.4 Å². The number of carbonyl (C=O) groups excluding carboxylic acids is 1. The van der Waals surface area contributed by atoms with Crippen LogP contribution in [0.1, 0.15) is 96.8 Å². The minimum Gasteiger partial charge on any atom is -0.393 e. The summed E-state index contributed by atoms with van der Waals surface area (Å²) in [5.74, 6) is -0.674. The summed E-state index contributed by atoms with van der Waals surface area (Å²) in [6.07, 6.45) is 19.3. The van der Waals surface area contributed by atoms with E-state index in [2.05, 4.69) is 23.6 Å². The van der Waals surface area contributed by atoms with Crippen molar-refractivity contribution in [2.24, 2.45) is 0 Å². The van der Waals surface area contributed by atoms with Gasteiger partial charge in [-0.3, -0.25) is 9.32 Å². The van der Waals surface area contributed by atoms with Gasteiger partial charge in [0.05, 0.1) is 13.2 Å². The van der Waals surface area contributed by atoms with Gasteiger partial charge in [0.25, 0.3) is 0 Å². The van der Waals surface area contributed by atoms with Crippen LogP contribution < -0.4 is 0 Å². The summed E-state index contributed by atoms with van der Waals surface area (Å²) in [7, 11) is -4.81. The molecule has 0 spiro atoms. The fraction of sp³-hybridized carbons (Fsp3) is 0.857. The number of hydrogen-bond donors (Lipinski definition) is 4. The van der Waals surface area contributed by atoms with Crippen LogP contribution in [0.15, 0.2) is 12.2 Å². The van der Waals surface area contributed by atoms with Gasteiger partial charge in [-0.05, 0) is 32.1 Å². The SMILES string of the molecule is CCCCCCCCCCC/C=C\CCCCC(=O)C(O)(CO)COP(=O)(O)O. The van der Waals surface area contributed by atoms with Crippen molar-refractivity contribution in [3.63, 3.8) is 0 Å². The van der Waals surface area contributed by atoms with Crippen molar-refractivity contribution in [1.82, 2.24) is 0 Å². The lowest BCUT2D eigenvalue weighted by Gasteiger charge is -2.24. The van der Waals surface area contributed by atoms with E-state index in [0.717, 1.165) is 19.3 Å². The van der Waals surface area contributed by atoms with Crippen LogP contribution in [0.25, 0.3) is 0 Å². The summed E-state index contributed by atoms with van der Waals surface area (Å²) in [5.41, 5.74) is -2.27. The Morgan fingerprint density at radius 1 is 0.897 bits per heavy atom. The van der Waals surface area contributed by atoms with Gasteiger partial charge in [-0.25, -0.2) is 4.57 Å². The van der Waals surface area contributed by atoms with E-state index in [1.165, 1.54) is 57.8 Å². The molecule has 0 aliphatic rings. The molecular formula is C21H41O7P. The molecule has 0 radical (unpaired) electrons. The Labute approximate surface area is 175 Å². The monoisotopic (exact) mass is 436 g/mol. The zero-order valence-electron chi connectivity index (χ0n) is 17.9. The van der Waals surface area contributed by atoms with E-state index in [0.29, 0.717) is 6.42 Å². The van der Waals surface area contributed by atoms with Crippen LogP contribution >= 0.6 is 7.82 Å². The lowest BCUT2D eigenvalue weighted by molar-refractivity contribution is -0.146. The number of unbranched alkanes of at least 4 members (excludes halogenated alkanes) is 11. The molecule has 0 aliphatic carbocycles. The fourth-order valence-corrected chi connectivity index (χ4v) is 3.38. The van der Waals surface area contributed by atoms with Crippen molar-refractivity contribution in [2.75, 3.05) is 13.2 Å². The minimum atomic E-state index is -4.81. The fourth-order valence-electron chi connectivity index (χ4n) is 2.99. The number of hydrogen-bond acceptors (Lipinski definition) is 5. The van der Waals surface area contributed by atoms with Gasteiger partial charge in [0, 0.05) is 6.42 Å². The highest BCUT2D eigenvalue weighted by Gasteiger charge is 2.37. The first-order valence-electron chi connectivity index (χ1n) is 11.0. The van der Waals surface area contributed by atoms with Crippen molar-refractivity contribution in [3.05, 3.63) is 12.2 Å². The number of allylic oxidation sites excluding steroid dienone is 2. The van der Waals surface area contributed by atoms with Gasteiger partial charge in [-0.15, -0.1) is 0 Å². The molecule has 1 unspecified atom stereocenters. The second-order valence-corrected chi connectivity index (χ2v) is 8.95. The van der Waals surface area contributed by atoms with Gasteiger partial charge < -0.3 is 20.0 Å². The Hall–Kier alpha value is -0.560. The van der Waals surface area contributed by atoms with Crippen molar-refractivity contribution in [3.8, 4) is 0 Å². The molecule has 8 heteroatoms. The highest BCUT2D eigenvalue weighted by Crippen LogP contribution is 2.37. The average molecular weight is 437 g/mol. The summed E-state index contributed by atoms with van der Waals surface area (Å²) in [6, 6.07) is 0. The summed E-state index contributed by atoms with van der Waals surface area (Å²) < 4.78 is 14.8. The maximum absolute atomic E-state index is 12.0. The molecule has 0 heterocycles. The quantitative estimate of drug-likeness (QED) is 0.126. The Balaban J connectivity index is 3.69. The smallest absolute Gasteiger partial charge is 0.393 e. The molecule has 0 saturated carbocycles. The minimum absolute atomic E-state index is 0.0215. The van der Waals surface area contributed by atoms with E-state index in [4.69, 9.17) is 14.9 Å².